The number of hydrogen-bond donors (Lipinski definition) is 4. The third-order valence-corrected chi connectivity index (χ3v) is 1.93. The second-order valence-corrected chi connectivity index (χ2v) is 3.70. The van der Waals surface area contributed by atoms with Gasteiger partial charge in [0.25, 0.3) is 0 Å². The summed E-state index contributed by atoms with van der Waals surface area (Å²) in [7, 11) is -5.32. The summed E-state index contributed by atoms with van der Waals surface area (Å²) in [6.07, 6.45) is -8.68. The number of hydrogen-bond acceptors (Lipinski definition) is 3. The maximum absolute atomic E-state index is 11.5. The maximum Gasteiger partial charge on any atom is 0.417 e. The molecule has 9 heteroatoms. The molecule has 74 valence electrons. The predicted molar refractivity (Wildman–Crippen MR) is 30.1 cm³/mol. The minimum atomic E-state index is -5.32. The zero-order valence-corrected chi connectivity index (χ0v) is 6.33. The van der Waals surface area contributed by atoms with E-state index in [-0.39, 0.29) is 0 Å². The van der Waals surface area contributed by atoms with E-state index in [9.17, 15) is 17.7 Å². The Hall–Kier alpha value is -0.140. The summed E-state index contributed by atoms with van der Waals surface area (Å²) in [6.45, 7) is 0. The molecular weight excluding hydrogens is 204 g/mol. The van der Waals surface area contributed by atoms with Crippen LogP contribution >= 0.6 is 7.60 Å². The van der Waals surface area contributed by atoms with Crippen molar-refractivity contribution in [3.05, 3.63) is 0 Å². The van der Waals surface area contributed by atoms with Gasteiger partial charge in [-0.1, -0.05) is 0 Å². The zero-order chi connectivity index (χ0) is 10.2. The van der Waals surface area contributed by atoms with Gasteiger partial charge in [-0.05, 0) is 0 Å². The predicted octanol–water partition coefficient (Wildman–Crippen LogP) is -0.594. The second-order valence-electron chi connectivity index (χ2n) is 1.99. The first-order valence-corrected chi connectivity index (χ1v) is 4.23. The molecule has 0 rings (SSSR count). The van der Waals surface area contributed by atoms with Gasteiger partial charge in [0.15, 0.2) is 11.9 Å². The van der Waals surface area contributed by atoms with Crippen molar-refractivity contribution < 1.29 is 37.7 Å². The van der Waals surface area contributed by atoms with E-state index in [1.807, 2.05) is 0 Å². The molecule has 0 fully saturated rings. The Balaban J connectivity index is 4.52. The molecule has 5 nitrogen and oxygen atoms in total. The van der Waals surface area contributed by atoms with Gasteiger partial charge in [0.2, 0.25) is 0 Å². The smallest absolute Gasteiger partial charge is 0.381 e. The third-order valence-electron chi connectivity index (χ3n) is 0.962. The van der Waals surface area contributed by atoms with Crippen molar-refractivity contribution in [2.24, 2.45) is 0 Å². The number of alkyl halides is 3. The van der Waals surface area contributed by atoms with Gasteiger partial charge >= 0.3 is 13.8 Å². The Labute approximate surface area is 64.6 Å². The first-order chi connectivity index (χ1) is 5.07. The largest absolute Gasteiger partial charge is 0.417 e. The first kappa shape index (κ1) is 11.9. The number of rotatable bonds is 2. The Bertz CT molecular complexity index is 197. The van der Waals surface area contributed by atoms with Gasteiger partial charge in [-0.2, -0.15) is 13.2 Å². The van der Waals surface area contributed by atoms with Crippen LogP contribution in [0.1, 0.15) is 0 Å². The van der Waals surface area contributed by atoms with Crippen molar-refractivity contribution in [1.82, 2.24) is 0 Å². The molecule has 0 saturated heterocycles. The van der Waals surface area contributed by atoms with E-state index in [1.54, 1.807) is 0 Å². The van der Waals surface area contributed by atoms with Gasteiger partial charge in [-0.25, -0.2) is 0 Å². The topological polar surface area (TPSA) is 98.0 Å². The molecule has 12 heavy (non-hydrogen) atoms. The average Bonchev–Trinajstić information content (AvgIpc) is 1.80. The molecule has 0 amide bonds. The fraction of sp³-hybridized carbons (Fsp3) is 1.00. The van der Waals surface area contributed by atoms with Crippen molar-refractivity contribution in [2.75, 3.05) is 0 Å². The van der Waals surface area contributed by atoms with Crippen molar-refractivity contribution in [2.45, 2.75) is 18.1 Å². The van der Waals surface area contributed by atoms with Crippen LogP contribution in [0.15, 0.2) is 0 Å². The Morgan fingerprint density at radius 2 is 1.50 bits per heavy atom. The highest BCUT2D eigenvalue weighted by Gasteiger charge is 2.49. The van der Waals surface area contributed by atoms with E-state index in [1.165, 1.54) is 0 Å². The summed E-state index contributed by atoms with van der Waals surface area (Å²) in [5.41, 5.74) is 0. The summed E-state index contributed by atoms with van der Waals surface area (Å²) >= 11 is 0. The normalized spacial score (nSPS) is 18.9. The molecule has 0 saturated carbocycles. The van der Waals surface area contributed by atoms with E-state index >= 15 is 0 Å². The summed E-state index contributed by atoms with van der Waals surface area (Å²) in [5, 5.41) is 16.4. The van der Waals surface area contributed by atoms with Crippen molar-refractivity contribution >= 4 is 7.60 Å². The van der Waals surface area contributed by atoms with Crippen molar-refractivity contribution in [3.8, 4) is 0 Å². The van der Waals surface area contributed by atoms with Crippen LogP contribution < -0.4 is 0 Å². The Kier molecular flexibility index (Phi) is 3.27. The van der Waals surface area contributed by atoms with Crippen LogP contribution in [0, 0.1) is 0 Å². The summed E-state index contributed by atoms with van der Waals surface area (Å²) < 4.78 is 44.4. The molecule has 0 bridgehead atoms. The fourth-order valence-corrected chi connectivity index (χ4v) is 0.890. The lowest BCUT2D eigenvalue weighted by molar-refractivity contribution is -0.220. The quantitative estimate of drug-likeness (QED) is 0.456. The molecule has 0 aromatic heterocycles. The van der Waals surface area contributed by atoms with Gasteiger partial charge in [0.1, 0.15) is 0 Å². The maximum atomic E-state index is 11.5. The van der Waals surface area contributed by atoms with Crippen LogP contribution in [0.4, 0.5) is 13.2 Å². The highest BCUT2D eigenvalue weighted by atomic mass is 31.2. The van der Waals surface area contributed by atoms with Crippen LogP contribution in [0.3, 0.4) is 0 Å². The minimum absolute atomic E-state index is 3.13. The van der Waals surface area contributed by atoms with Crippen LogP contribution in [0.5, 0.6) is 0 Å². The van der Waals surface area contributed by atoms with Gasteiger partial charge < -0.3 is 20.0 Å². The van der Waals surface area contributed by atoms with Gasteiger partial charge in [-0.3, -0.25) is 4.57 Å². The molecule has 0 aromatic carbocycles. The standard InChI is InChI=1S/C3H6F3O5P/c4-3(5,6)1(7)2(8)12(9,10)11/h1-2,7-8H,(H2,9,10,11)/t1-,2+/m1/s1. The Morgan fingerprint density at radius 3 is 1.58 bits per heavy atom. The highest BCUT2D eigenvalue weighted by Crippen LogP contribution is 2.44. The number of aliphatic hydroxyl groups is 2. The van der Waals surface area contributed by atoms with Gasteiger partial charge in [-0.15, -0.1) is 0 Å². The Morgan fingerprint density at radius 1 is 1.17 bits per heavy atom. The molecule has 4 N–H and O–H groups in total. The van der Waals surface area contributed by atoms with Gasteiger partial charge in [0.05, 0.1) is 0 Å². The number of halogens is 3. The van der Waals surface area contributed by atoms with Gasteiger partial charge in [0, 0.05) is 0 Å². The molecule has 0 aromatic rings. The summed E-state index contributed by atoms with van der Waals surface area (Å²) in [4.78, 5) is 16.0. The second kappa shape index (κ2) is 3.31. The summed E-state index contributed by atoms with van der Waals surface area (Å²) in [6, 6.07) is 0. The fourth-order valence-electron chi connectivity index (χ4n) is 0.353. The molecule has 2 atom stereocenters. The van der Waals surface area contributed by atoms with Crippen molar-refractivity contribution in [1.29, 1.82) is 0 Å². The molecule has 0 aliphatic carbocycles. The molecule has 0 heterocycles. The molecule has 0 unspecified atom stereocenters. The molecular formula is C3H6F3O5P. The van der Waals surface area contributed by atoms with E-state index < -0.39 is 25.7 Å². The lowest BCUT2D eigenvalue weighted by atomic mass is 10.4. The van der Waals surface area contributed by atoms with E-state index in [2.05, 4.69) is 0 Å². The van der Waals surface area contributed by atoms with E-state index in [0.717, 1.165) is 0 Å². The van der Waals surface area contributed by atoms with E-state index in [0.29, 0.717) is 0 Å². The SMILES string of the molecule is O=P(O)(O)[C@H](O)[C@@H](O)C(F)(F)F. The van der Waals surface area contributed by atoms with E-state index in [4.69, 9.17) is 20.0 Å². The molecule has 0 aliphatic rings. The number of aliphatic hydroxyl groups excluding tert-OH is 2. The zero-order valence-electron chi connectivity index (χ0n) is 5.43. The van der Waals surface area contributed by atoms with Crippen LogP contribution in [0.2, 0.25) is 0 Å². The third kappa shape index (κ3) is 3.08. The lowest BCUT2D eigenvalue weighted by Crippen LogP contribution is -2.39. The lowest BCUT2D eigenvalue weighted by Gasteiger charge is -2.20. The molecule has 0 spiro atoms. The monoisotopic (exact) mass is 210 g/mol. The first-order valence-electron chi connectivity index (χ1n) is 2.55. The van der Waals surface area contributed by atoms with Crippen molar-refractivity contribution in [3.63, 3.8) is 0 Å². The minimum Gasteiger partial charge on any atom is -0.381 e. The van der Waals surface area contributed by atoms with Crippen LogP contribution in [-0.4, -0.2) is 38.1 Å². The van der Waals surface area contributed by atoms with Crippen LogP contribution in [-0.2, 0) is 4.57 Å². The van der Waals surface area contributed by atoms with Crippen LogP contribution in [0.25, 0.3) is 0 Å². The highest BCUT2D eigenvalue weighted by molar-refractivity contribution is 7.52. The summed E-state index contributed by atoms with van der Waals surface area (Å²) in [5.74, 6) is -3.13. The molecule has 0 aliphatic heterocycles. The molecule has 0 radical (unpaired) electrons. The average molecular weight is 210 g/mol.